The lowest BCUT2D eigenvalue weighted by atomic mass is 9.67. The first kappa shape index (κ1) is 37.1. The Labute approximate surface area is 274 Å². The Morgan fingerprint density at radius 3 is 2.22 bits per heavy atom. The van der Waals surface area contributed by atoms with Gasteiger partial charge in [-0.3, -0.25) is 9.79 Å². The number of hydrogen-bond acceptors (Lipinski definition) is 6. The Balaban J connectivity index is 2.00. The molecule has 0 saturated heterocycles. The van der Waals surface area contributed by atoms with Gasteiger partial charge in [-0.15, -0.1) is 0 Å². The first-order chi connectivity index (χ1) is 21.1. The lowest BCUT2D eigenvalue weighted by Crippen LogP contribution is -2.58. The van der Waals surface area contributed by atoms with Crippen LogP contribution < -0.4 is 0 Å². The number of ether oxygens (including phenoxy) is 2. The molecule has 0 radical (unpaired) electrons. The summed E-state index contributed by atoms with van der Waals surface area (Å²) in [6.07, 6.45) is 9.00. The Kier molecular flexibility index (Phi) is 13.1. The molecule has 1 aliphatic heterocycles. The summed E-state index contributed by atoms with van der Waals surface area (Å²) in [6.45, 7) is 22.7. The van der Waals surface area contributed by atoms with Crippen LogP contribution in [-0.2, 0) is 14.3 Å². The van der Waals surface area contributed by atoms with E-state index in [0.29, 0.717) is 23.9 Å². The van der Waals surface area contributed by atoms with Crippen LogP contribution in [0, 0.1) is 16.7 Å². The molecule has 1 amide bonds. The zero-order chi connectivity index (χ0) is 33.4. The van der Waals surface area contributed by atoms with E-state index in [1.165, 1.54) is 0 Å². The molecule has 1 aliphatic carbocycles. The third-order valence-corrected chi connectivity index (χ3v) is 9.78. The number of likely N-dealkylation sites (N-methyl/N-ethyl adjacent to an activating group) is 1. The molecule has 0 bridgehead atoms. The monoisotopic (exact) mass is 625 g/mol. The molecular formula is C38H63N3O4. The van der Waals surface area contributed by atoms with Gasteiger partial charge in [0, 0.05) is 33.4 Å². The van der Waals surface area contributed by atoms with Gasteiger partial charge in [0.05, 0.1) is 23.2 Å². The molecule has 254 valence electrons. The van der Waals surface area contributed by atoms with E-state index in [0.717, 1.165) is 83.0 Å². The van der Waals surface area contributed by atoms with Gasteiger partial charge in [0.1, 0.15) is 0 Å². The fraction of sp³-hybridized carbons (Fsp3) is 0.763. The number of unbranched alkanes of at least 4 members (excludes halogenated alkanes) is 2. The number of benzene rings is 1. The van der Waals surface area contributed by atoms with Crippen LogP contribution in [0.1, 0.15) is 142 Å². The standard InChI is InChI=1S/C38H63N3O4/c1-11-40(25-13-12-14-26-44-10)33-34(42)41(27-38(39-33)23-19-31(20-24-38)37(7,8)9)32(21-22-36(4,5)6)29-15-17-30(18-16-29)35(43)45-28(2)3/h15-18,28,31-32H,11-14,19-27H2,1-10H3. The van der Waals surface area contributed by atoms with Crippen LogP contribution in [0.15, 0.2) is 29.3 Å². The normalized spacial score (nSPS) is 21.7. The average Bonchev–Trinajstić information content (AvgIpc) is 2.96. The van der Waals surface area contributed by atoms with Crippen molar-refractivity contribution in [2.75, 3.05) is 33.4 Å². The molecule has 45 heavy (non-hydrogen) atoms. The molecule has 1 unspecified atom stereocenters. The second-order valence-corrected chi connectivity index (χ2v) is 16.1. The number of rotatable bonds is 13. The van der Waals surface area contributed by atoms with Crippen LogP contribution in [0.2, 0.25) is 0 Å². The van der Waals surface area contributed by atoms with E-state index in [9.17, 15) is 9.59 Å². The van der Waals surface area contributed by atoms with Crippen molar-refractivity contribution in [1.82, 2.24) is 9.80 Å². The fourth-order valence-corrected chi connectivity index (χ4v) is 6.91. The third-order valence-electron chi connectivity index (χ3n) is 9.78. The van der Waals surface area contributed by atoms with Crippen molar-refractivity contribution in [3.63, 3.8) is 0 Å². The molecule has 2 aliphatic rings. The Hall–Kier alpha value is -2.41. The molecule has 1 atom stereocenters. The maximum Gasteiger partial charge on any atom is 0.338 e. The Morgan fingerprint density at radius 1 is 1.04 bits per heavy atom. The van der Waals surface area contributed by atoms with E-state index in [4.69, 9.17) is 14.5 Å². The number of methoxy groups -OCH3 is 1. The van der Waals surface area contributed by atoms with Crippen LogP contribution in [0.5, 0.6) is 0 Å². The number of amidine groups is 1. The van der Waals surface area contributed by atoms with Crippen LogP contribution >= 0.6 is 0 Å². The van der Waals surface area contributed by atoms with E-state index in [2.05, 4.69) is 58.3 Å². The van der Waals surface area contributed by atoms with E-state index in [1.807, 2.05) is 38.1 Å². The maximum atomic E-state index is 14.6. The molecule has 1 heterocycles. The van der Waals surface area contributed by atoms with Crippen LogP contribution in [0.4, 0.5) is 0 Å². The minimum atomic E-state index is -0.315. The molecule has 7 nitrogen and oxygen atoms in total. The van der Waals surface area contributed by atoms with E-state index < -0.39 is 0 Å². The first-order valence-corrected chi connectivity index (χ1v) is 17.5. The van der Waals surface area contributed by atoms with Gasteiger partial charge in [-0.25, -0.2) is 4.79 Å². The van der Waals surface area contributed by atoms with Gasteiger partial charge in [0.2, 0.25) is 0 Å². The highest BCUT2D eigenvalue weighted by molar-refractivity contribution is 6.38. The van der Waals surface area contributed by atoms with E-state index in [1.54, 1.807) is 7.11 Å². The van der Waals surface area contributed by atoms with Gasteiger partial charge in [0.15, 0.2) is 5.84 Å². The van der Waals surface area contributed by atoms with Crippen molar-refractivity contribution < 1.29 is 19.1 Å². The zero-order valence-corrected chi connectivity index (χ0v) is 30.2. The summed E-state index contributed by atoms with van der Waals surface area (Å²) < 4.78 is 10.7. The summed E-state index contributed by atoms with van der Waals surface area (Å²) in [5.41, 5.74) is 1.72. The average molecular weight is 626 g/mol. The number of carbonyl (C=O) groups is 2. The highest BCUT2D eigenvalue weighted by Gasteiger charge is 2.47. The maximum absolute atomic E-state index is 14.6. The second-order valence-electron chi connectivity index (χ2n) is 16.1. The zero-order valence-electron chi connectivity index (χ0n) is 30.2. The molecule has 1 aromatic carbocycles. The lowest BCUT2D eigenvalue weighted by Gasteiger charge is -2.49. The number of nitrogens with zero attached hydrogens (tertiary/aromatic N) is 3. The highest BCUT2D eigenvalue weighted by Crippen LogP contribution is 2.46. The predicted molar refractivity (Wildman–Crippen MR) is 185 cm³/mol. The van der Waals surface area contributed by atoms with Crippen molar-refractivity contribution in [2.24, 2.45) is 21.7 Å². The minimum absolute atomic E-state index is 0.0412. The van der Waals surface area contributed by atoms with Gasteiger partial charge in [0.25, 0.3) is 5.91 Å². The SMILES string of the molecule is CCN(CCCCCOC)C1=NC2(CCC(C(C)(C)C)CC2)CN(C(CCC(C)(C)C)c2ccc(C(=O)OC(C)C)cc2)C1=O. The largest absolute Gasteiger partial charge is 0.459 e. The van der Waals surface area contributed by atoms with Gasteiger partial charge < -0.3 is 19.3 Å². The summed E-state index contributed by atoms with van der Waals surface area (Å²) >= 11 is 0. The minimum Gasteiger partial charge on any atom is -0.459 e. The Bertz CT molecular complexity index is 1120. The molecule has 1 saturated carbocycles. The number of amides is 1. The molecule has 0 N–H and O–H groups in total. The van der Waals surface area contributed by atoms with Gasteiger partial charge >= 0.3 is 5.97 Å². The Morgan fingerprint density at radius 2 is 1.69 bits per heavy atom. The van der Waals surface area contributed by atoms with Gasteiger partial charge in [-0.05, 0) is 113 Å². The summed E-state index contributed by atoms with van der Waals surface area (Å²) in [7, 11) is 1.75. The predicted octanol–water partition coefficient (Wildman–Crippen LogP) is 8.47. The van der Waals surface area contributed by atoms with Crippen molar-refractivity contribution in [3.8, 4) is 0 Å². The van der Waals surface area contributed by atoms with Gasteiger partial charge in [-0.1, -0.05) is 53.7 Å². The number of carbonyl (C=O) groups excluding carboxylic acids is 2. The molecule has 1 spiro atoms. The quantitative estimate of drug-likeness (QED) is 0.162. The van der Waals surface area contributed by atoms with Crippen LogP contribution in [0.3, 0.4) is 0 Å². The van der Waals surface area contributed by atoms with Crippen molar-refractivity contribution in [2.45, 2.75) is 138 Å². The smallest absolute Gasteiger partial charge is 0.338 e. The van der Waals surface area contributed by atoms with Crippen LogP contribution in [0.25, 0.3) is 0 Å². The van der Waals surface area contributed by atoms with Gasteiger partial charge in [-0.2, -0.15) is 0 Å². The second kappa shape index (κ2) is 15.9. The third kappa shape index (κ3) is 10.6. The molecule has 7 heteroatoms. The molecule has 1 fully saturated rings. The number of hydrogen-bond donors (Lipinski definition) is 0. The summed E-state index contributed by atoms with van der Waals surface area (Å²) in [6, 6.07) is 7.67. The van der Waals surface area contributed by atoms with E-state index in [-0.39, 0.29) is 40.4 Å². The highest BCUT2D eigenvalue weighted by atomic mass is 16.5. The fourth-order valence-electron chi connectivity index (χ4n) is 6.91. The lowest BCUT2D eigenvalue weighted by molar-refractivity contribution is -0.130. The number of aliphatic imine (C=N–C) groups is 1. The summed E-state index contributed by atoms with van der Waals surface area (Å²) in [4.78, 5) is 37.0. The van der Waals surface area contributed by atoms with Crippen LogP contribution in [-0.4, -0.2) is 72.5 Å². The molecule has 0 aromatic heterocycles. The molecular weight excluding hydrogens is 562 g/mol. The van der Waals surface area contributed by atoms with Crippen molar-refractivity contribution in [1.29, 1.82) is 0 Å². The summed E-state index contributed by atoms with van der Waals surface area (Å²) in [5.74, 6) is 1.03. The molecule has 1 aromatic rings. The number of esters is 1. The van der Waals surface area contributed by atoms with Crippen molar-refractivity contribution in [3.05, 3.63) is 35.4 Å². The first-order valence-electron chi connectivity index (χ1n) is 17.5. The van der Waals surface area contributed by atoms with Crippen molar-refractivity contribution >= 4 is 17.7 Å². The molecule has 3 rings (SSSR count). The summed E-state index contributed by atoms with van der Waals surface area (Å²) in [5, 5.41) is 0. The van der Waals surface area contributed by atoms with E-state index >= 15 is 0 Å². The topological polar surface area (TPSA) is 71.4 Å².